The lowest BCUT2D eigenvalue weighted by atomic mass is 10.0. The standard InChI is InChI=1S/C23H34N2O6/c1-22(2,3)30-20(27)25(21(28)31-23(4,5)6)18-12-14-24(15-13-18)19(26)29-16-17-10-8-7-9-11-17/h7-11,18H,12-16H2,1-6H3. The molecule has 1 aliphatic heterocycles. The van der Waals surface area contributed by atoms with Crippen LogP contribution in [0, 0.1) is 0 Å². The molecule has 31 heavy (non-hydrogen) atoms. The minimum Gasteiger partial charge on any atom is -0.445 e. The van der Waals surface area contributed by atoms with Crippen molar-refractivity contribution in [3.05, 3.63) is 35.9 Å². The van der Waals surface area contributed by atoms with Gasteiger partial charge in [-0.25, -0.2) is 19.3 Å². The highest BCUT2D eigenvalue weighted by Gasteiger charge is 2.38. The molecule has 1 heterocycles. The summed E-state index contributed by atoms with van der Waals surface area (Å²) in [4.78, 5) is 40.5. The van der Waals surface area contributed by atoms with Crippen LogP contribution in [0.2, 0.25) is 0 Å². The molecule has 0 saturated carbocycles. The fourth-order valence-corrected chi connectivity index (χ4v) is 3.11. The van der Waals surface area contributed by atoms with Gasteiger partial charge >= 0.3 is 18.3 Å². The normalized spacial score (nSPS) is 15.2. The zero-order chi connectivity index (χ0) is 23.2. The average molecular weight is 435 g/mol. The number of carbonyl (C=O) groups excluding carboxylic acids is 3. The third-order valence-electron chi connectivity index (χ3n) is 4.47. The molecular weight excluding hydrogens is 400 g/mol. The molecule has 1 aromatic carbocycles. The summed E-state index contributed by atoms with van der Waals surface area (Å²) in [5.41, 5.74) is -0.592. The number of rotatable bonds is 3. The van der Waals surface area contributed by atoms with E-state index in [1.54, 1.807) is 46.4 Å². The van der Waals surface area contributed by atoms with Crippen molar-refractivity contribution in [2.75, 3.05) is 13.1 Å². The van der Waals surface area contributed by atoms with E-state index in [-0.39, 0.29) is 6.61 Å². The van der Waals surface area contributed by atoms with Crippen LogP contribution in [0.15, 0.2) is 30.3 Å². The van der Waals surface area contributed by atoms with Crippen LogP contribution < -0.4 is 0 Å². The Labute approximate surface area is 184 Å². The second kappa shape index (κ2) is 10.0. The summed E-state index contributed by atoms with van der Waals surface area (Å²) in [7, 11) is 0. The predicted octanol–water partition coefficient (Wildman–Crippen LogP) is 4.96. The Bertz CT molecular complexity index is 731. The minimum atomic E-state index is -0.751. The minimum absolute atomic E-state index is 0.196. The lowest BCUT2D eigenvalue weighted by Crippen LogP contribution is -2.53. The van der Waals surface area contributed by atoms with Gasteiger partial charge in [0.15, 0.2) is 0 Å². The van der Waals surface area contributed by atoms with E-state index in [9.17, 15) is 14.4 Å². The van der Waals surface area contributed by atoms with E-state index in [1.165, 1.54) is 0 Å². The van der Waals surface area contributed by atoms with Crippen molar-refractivity contribution in [2.45, 2.75) is 78.2 Å². The van der Waals surface area contributed by atoms with Crippen LogP contribution >= 0.6 is 0 Å². The zero-order valence-electron chi connectivity index (χ0n) is 19.3. The number of carbonyl (C=O) groups is 3. The molecule has 1 aromatic rings. The Balaban J connectivity index is 1.99. The van der Waals surface area contributed by atoms with E-state index in [0.29, 0.717) is 25.9 Å². The first-order chi connectivity index (χ1) is 14.4. The van der Waals surface area contributed by atoms with Gasteiger partial charge in [-0.3, -0.25) is 0 Å². The van der Waals surface area contributed by atoms with Crippen LogP contribution in [-0.2, 0) is 20.8 Å². The van der Waals surface area contributed by atoms with Crippen molar-refractivity contribution in [1.29, 1.82) is 0 Å². The van der Waals surface area contributed by atoms with Crippen LogP contribution in [0.1, 0.15) is 59.9 Å². The monoisotopic (exact) mass is 434 g/mol. The van der Waals surface area contributed by atoms with Gasteiger partial charge in [-0.1, -0.05) is 30.3 Å². The maximum Gasteiger partial charge on any atom is 0.420 e. The number of likely N-dealkylation sites (tertiary alicyclic amines) is 1. The summed E-state index contributed by atoms with van der Waals surface area (Å²) >= 11 is 0. The smallest absolute Gasteiger partial charge is 0.420 e. The molecule has 0 N–H and O–H groups in total. The molecule has 1 fully saturated rings. The van der Waals surface area contributed by atoms with Gasteiger partial charge in [0.2, 0.25) is 0 Å². The third kappa shape index (κ3) is 8.11. The van der Waals surface area contributed by atoms with Crippen LogP contribution in [0.4, 0.5) is 14.4 Å². The van der Waals surface area contributed by atoms with Gasteiger partial charge in [0, 0.05) is 19.1 Å². The summed E-state index contributed by atoms with van der Waals surface area (Å²) in [5, 5.41) is 0. The van der Waals surface area contributed by atoms with Gasteiger partial charge < -0.3 is 19.1 Å². The van der Waals surface area contributed by atoms with E-state index < -0.39 is 35.5 Å². The number of amides is 3. The molecule has 0 aromatic heterocycles. The van der Waals surface area contributed by atoms with Crippen LogP contribution in [-0.4, -0.2) is 58.4 Å². The lowest BCUT2D eigenvalue weighted by Gasteiger charge is -2.37. The maximum atomic E-state index is 12.8. The highest BCUT2D eigenvalue weighted by molar-refractivity contribution is 5.88. The number of hydrogen-bond acceptors (Lipinski definition) is 6. The Morgan fingerprint density at radius 1 is 0.903 bits per heavy atom. The van der Waals surface area contributed by atoms with Gasteiger partial charge in [0.25, 0.3) is 0 Å². The Kier molecular flexibility index (Phi) is 7.92. The van der Waals surface area contributed by atoms with E-state index in [0.717, 1.165) is 10.5 Å². The van der Waals surface area contributed by atoms with Crippen molar-refractivity contribution in [2.24, 2.45) is 0 Å². The molecule has 8 nitrogen and oxygen atoms in total. The van der Waals surface area contributed by atoms with E-state index >= 15 is 0 Å². The molecule has 0 radical (unpaired) electrons. The van der Waals surface area contributed by atoms with E-state index in [1.807, 2.05) is 30.3 Å². The summed E-state index contributed by atoms with van der Waals surface area (Å²) in [6.07, 6.45) is -1.07. The van der Waals surface area contributed by atoms with Crippen molar-refractivity contribution in [3.8, 4) is 0 Å². The highest BCUT2D eigenvalue weighted by atomic mass is 16.6. The fourth-order valence-electron chi connectivity index (χ4n) is 3.11. The van der Waals surface area contributed by atoms with Crippen molar-refractivity contribution >= 4 is 18.3 Å². The molecule has 0 bridgehead atoms. The lowest BCUT2D eigenvalue weighted by molar-refractivity contribution is -0.0134. The molecule has 8 heteroatoms. The highest BCUT2D eigenvalue weighted by Crippen LogP contribution is 2.23. The number of benzene rings is 1. The quantitative estimate of drug-likeness (QED) is 0.625. The van der Waals surface area contributed by atoms with E-state index in [4.69, 9.17) is 14.2 Å². The molecule has 1 aliphatic rings. The number of piperidine rings is 1. The second-order valence-electron chi connectivity index (χ2n) is 9.59. The third-order valence-corrected chi connectivity index (χ3v) is 4.47. The fraction of sp³-hybridized carbons (Fsp3) is 0.609. The average Bonchev–Trinajstić information content (AvgIpc) is 2.65. The molecule has 3 amide bonds. The molecule has 0 aliphatic carbocycles. The molecule has 0 spiro atoms. The first kappa shape index (κ1) is 24.5. The van der Waals surface area contributed by atoms with Gasteiger partial charge in [0.05, 0.1) is 0 Å². The number of nitrogens with zero attached hydrogens (tertiary/aromatic N) is 2. The zero-order valence-corrected chi connectivity index (χ0v) is 19.3. The summed E-state index contributed by atoms with van der Waals surface area (Å²) < 4.78 is 16.2. The first-order valence-electron chi connectivity index (χ1n) is 10.6. The summed E-state index contributed by atoms with van der Waals surface area (Å²) in [6.45, 7) is 11.4. The molecule has 0 unspecified atom stereocenters. The molecule has 2 rings (SSSR count). The number of ether oxygens (including phenoxy) is 3. The molecule has 172 valence electrons. The predicted molar refractivity (Wildman–Crippen MR) is 116 cm³/mol. The Morgan fingerprint density at radius 2 is 1.39 bits per heavy atom. The Morgan fingerprint density at radius 3 is 1.84 bits per heavy atom. The first-order valence-corrected chi connectivity index (χ1v) is 10.6. The second-order valence-corrected chi connectivity index (χ2v) is 9.59. The van der Waals surface area contributed by atoms with Gasteiger partial charge in [-0.2, -0.15) is 0 Å². The summed E-state index contributed by atoms with van der Waals surface area (Å²) in [6, 6.07) is 9.02. The van der Waals surface area contributed by atoms with E-state index in [2.05, 4.69) is 0 Å². The molecular formula is C23H34N2O6. The van der Waals surface area contributed by atoms with Crippen LogP contribution in [0.5, 0.6) is 0 Å². The largest absolute Gasteiger partial charge is 0.445 e. The number of imide groups is 1. The number of hydrogen-bond donors (Lipinski definition) is 0. The Hall–Kier alpha value is -2.77. The van der Waals surface area contributed by atoms with Crippen molar-refractivity contribution < 1.29 is 28.6 Å². The topological polar surface area (TPSA) is 85.4 Å². The molecule has 0 atom stereocenters. The van der Waals surface area contributed by atoms with Gasteiger partial charge in [-0.15, -0.1) is 0 Å². The van der Waals surface area contributed by atoms with Crippen molar-refractivity contribution in [1.82, 2.24) is 9.80 Å². The van der Waals surface area contributed by atoms with Crippen LogP contribution in [0.25, 0.3) is 0 Å². The van der Waals surface area contributed by atoms with Crippen LogP contribution in [0.3, 0.4) is 0 Å². The van der Waals surface area contributed by atoms with Gasteiger partial charge in [-0.05, 0) is 59.9 Å². The SMILES string of the molecule is CC(C)(C)OC(=O)N(C(=O)OC(C)(C)C)C1CCN(C(=O)OCc2ccccc2)CC1. The van der Waals surface area contributed by atoms with Crippen molar-refractivity contribution in [3.63, 3.8) is 0 Å². The summed E-state index contributed by atoms with van der Waals surface area (Å²) in [5.74, 6) is 0. The maximum absolute atomic E-state index is 12.8. The molecule has 1 saturated heterocycles. The van der Waals surface area contributed by atoms with Gasteiger partial charge in [0.1, 0.15) is 17.8 Å².